The molecular formula is C20H16F4N2O3. The van der Waals surface area contributed by atoms with Gasteiger partial charge in [0.05, 0.1) is 17.8 Å². The number of benzene rings is 2. The van der Waals surface area contributed by atoms with Crippen molar-refractivity contribution in [2.24, 2.45) is 5.92 Å². The third kappa shape index (κ3) is 4.28. The summed E-state index contributed by atoms with van der Waals surface area (Å²) in [5, 5.41) is 2.88. The highest BCUT2D eigenvalue weighted by atomic mass is 19.3. The van der Waals surface area contributed by atoms with Crippen molar-refractivity contribution in [2.75, 3.05) is 11.9 Å². The molecule has 0 unspecified atom stereocenters. The molecule has 1 fully saturated rings. The summed E-state index contributed by atoms with van der Waals surface area (Å²) < 4.78 is 62.1. The maximum Gasteiger partial charge on any atom is 0.387 e. The van der Waals surface area contributed by atoms with E-state index in [0.717, 1.165) is 25.0 Å². The third-order valence-corrected chi connectivity index (χ3v) is 4.56. The van der Waals surface area contributed by atoms with Crippen molar-refractivity contribution in [3.63, 3.8) is 0 Å². The van der Waals surface area contributed by atoms with Gasteiger partial charge >= 0.3 is 6.61 Å². The second kappa shape index (κ2) is 7.65. The SMILES string of the molecule is O=C(Nc1c[nH]c2cc(F)c(F)cc12)c1ccc(OC(F)F)c(OCC2CC2)c1. The van der Waals surface area contributed by atoms with Crippen LogP contribution in [0.1, 0.15) is 23.2 Å². The monoisotopic (exact) mass is 408 g/mol. The maximum absolute atomic E-state index is 13.5. The Kier molecular flexibility index (Phi) is 5.04. The first-order valence-corrected chi connectivity index (χ1v) is 8.90. The zero-order valence-corrected chi connectivity index (χ0v) is 15.0. The van der Waals surface area contributed by atoms with Gasteiger partial charge in [-0.05, 0) is 43.0 Å². The number of alkyl halides is 2. The Hall–Kier alpha value is -3.23. The van der Waals surface area contributed by atoms with Crippen molar-refractivity contribution in [3.8, 4) is 11.5 Å². The summed E-state index contributed by atoms with van der Waals surface area (Å²) in [7, 11) is 0. The highest BCUT2D eigenvalue weighted by Crippen LogP contribution is 2.34. The van der Waals surface area contributed by atoms with Gasteiger partial charge in [-0.3, -0.25) is 4.79 Å². The molecule has 5 nitrogen and oxygen atoms in total. The summed E-state index contributed by atoms with van der Waals surface area (Å²) in [6.07, 6.45) is 3.41. The number of ether oxygens (including phenoxy) is 2. The minimum atomic E-state index is -3.03. The van der Waals surface area contributed by atoms with E-state index in [4.69, 9.17) is 4.74 Å². The fraction of sp³-hybridized carbons (Fsp3) is 0.250. The van der Waals surface area contributed by atoms with Crippen LogP contribution in [-0.4, -0.2) is 24.1 Å². The lowest BCUT2D eigenvalue weighted by Gasteiger charge is -2.13. The predicted octanol–water partition coefficient (Wildman–Crippen LogP) is 5.09. The highest BCUT2D eigenvalue weighted by molar-refractivity contribution is 6.09. The summed E-state index contributed by atoms with van der Waals surface area (Å²) in [6.45, 7) is -2.68. The fourth-order valence-electron chi connectivity index (χ4n) is 2.86. The molecule has 1 aliphatic carbocycles. The summed E-state index contributed by atoms with van der Waals surface area (Å²) in [5.41, 5.74) is 0.694. The topological polar surface area (TPSA) is 63.4 Å². The second-order valence-corrected chi connectivity index (χ2v) is 6.76. The predicted molar refractivity (Wildman–Crippen MR) is 97.5 cm³/mol. The zero-order valence-electron chi connectivity index (χ0n) is 15.0. The van der Waals surface area contributed by atoms with Crippen LogP contribution >= 0.6 is 0 Å². The van der Waals surface area contributed by atoms with Crippen LogP contribution in [0.2, 0.25) is 0 Å². The molecule has 0 spiro atoms. The van der Waals surface area contributed by atoms with Crippen molar-refractivity contribution < 1.29 is 31.8 Å². The largest absolute Gasteiger partial charge is 0.489 e. The van der Waals surface area contributed by atoms with Gasteiger partial charge in [-0.15, -0.1) is 0 Å². The average molecular weight is 408 g/mol. The first-order chi connectivity index (χ1) is 13.9. The fourth-order valence-corrected chi connectivity index (χ4v) is 2.86. The number of amides is 1. The first kappa shape index (κ1) is 19.1. The average Bonchev–Trinajstić information content (AvgIpc) is 3.44. The van der Waals surface area contributed by atoms with Crippen molar-refractivity contribution >= 4 is 22.5 Å². The Morgan fingerprint density at radius 3 is 2.62 bits per heavy atom. The van der Waals surface area contributed by atoms with Crippen LogP contribution in [0.5, 0.6) is 11.5 Å². The molecule has 2 aromatic carbocycles. The van der Waals surface area contributed by atoms with Gasteiger partial charge in [-0.1, -0.05) is 0 Å². The molecule has 0 atom stereocenters. The number of aromatic nitrogens is 1. The van der Waals surface area contributed by atoms with Crippen molar-refractivity contribution in [2.45, 2.75) is 19.5 Å². The van der Waals surface area contributed by atoms with Crippen LogP contribution in [0.4, 0.5) is 23.2 Å². The zero-order chi connectivity index (χ0) is 20.5. The summed E-state index contributed by atoms with van der Waals surface area (Å²) >= 11 is 0. The van der Waals surface area contributed by atoms with Crippen LogP contribution in [0.15, 0.2) is 36.5 Å². The quantitative estimate of drug-likeness (QED) is 0.536. The van der Waals surface area contributed by atoms with Gasteiger partial charge in [-0.25, -0.2) is 8.78 Å². The molecule has 9 heteroatoms. The summed E-state index contributed by atoms with van der Waals surface area (Å²) in [4.78, 5) is 15.4. The van der Waals surface area contributed by atoms with Crippen molar-refractivity contribution in [1.82, 2.24) is 4.98 Å². The molecule has 0 saturated heterocycles. The van der Waals surface area contributed by atoms with Crippen molar-refractivity contribution in [1.29, 1.82) is 0 Å². The highest BCUT2D eigenvalue weighted by Gasteiger charge is 2.23. The lowest BCUT2D eigenvalue weighted by atomic mass is 10.1. The van der Waals surface area contributed by atoms with Gasteiger partial charge in [0.25, 0.3) is 5.91 Å². The van der Waals surface area contributed by atoms with E-state index in [-0.39, 0.29) is 22.7 Å². The Labute approximate surface area is 162 Å². The van der Waals surface area contributed by atoms with Crippen LogP contribution < -0.4 is 14.8 Å². The normalized spacial score (nSPS) is 13.7. The molecule has 1 aliphatic rings. The molecule has 1 aromatic heterocycles. The van der Waals surface area contributed by atoms with E-state index >= 15 is 0 Å². The minimum absolute atomic E-state index is 0.0388. The number of fused-ring (bicyclic) bond motifs is 1. The number of rotatable bonds is 7. The van der Waals surface area contributed by atoms with Gasteiger partial charge in [0.1, 0.15) is 0 Å². The molecule has 0 bridgehead atoms. The molecule has 2 N–H and O–H groups in total. The van der Waals surface area contributed by atoms with E-state index in [0.29, 0.717) is 23.4 Å². The van der Waals surface area contributed by atoms with E-state index in [1.54, 1.807) is 0 Å². The number of carbonyl (C=O) groups excluding carboxylic acids is 1. The molecule has 0 aliphatic heterocycles. The van der Waals surface area contributed by atoms with E-state index in [9.17, 15) is 22.4 Å². The minimum Gasteiger partial charge on any atom is -0.489 e. The standard InChI is InChI=1S/C20H16F4N2O3/c21-13-6-12-15(7-14(13)22)25-8-16(12)26-19(27)11-3-4-17(29-20(23)24)18(5-11)28-9-10-1-2-10/h3-8,10,20,25H,1-2,9H2,(H,26,27). The van der Waals surface area contributed by atoms with Crippen molar-refractivity contribution in [3.05, 3.63) is 53.7 Å². The van der Waals surface area contributed by atoms with Gasteiger partial charge in [0.2, 0.25) is 0 Å². The van der Waals surface area contributed by atoms with Crippen LogP contribution in [-0.2, 0) is 0 Å². The number of nitrogens with one attached hydrogen (secondary N) is 2. The smallest absolute Gasteiger partial charge is 0.387 e. The summed E-state index contributed by atoms with van der Waals surface area (Å²) in [6, 6.07) is 5.81. The molecule has 1 heterocycles. The molecule has 1 saturated carbocycles. The van der Waals surface area contributed by atoms with E-state index in [2.05, 4.69) is 15.0 Å². The van der Waals surface area contributed by atoms with Gasteiger partial charge < -0.3 is 19.8 Å². The third-order valence-electron chi connectivity index (χ3n) is 4.56. The number of carbonyl (C=O) groups is 1. The van der Waals surface area contributed by atoms with E-state index in [1.807, 2.05) is 0 Å². The molecule has 1 amide bonds. The number of hydrogen-bond donors (Lipinski definition) is 2. The lowest BCUT2D eigenvalue weighted by molar-refractivity contribution is -0.0515. The number of anilines is 1. The molecule has 29 heavy (non-hydrogen) atoms. The van der Waals surface area contributed by atoms with Gasteiger partial charge in [-0.2, -0.15) is 8.78 Å². The summed E-state index contributed by atoms with van der Waals surface area (Å²) in [5.74, 6) is -2.39. The molecule has 4 rings (SSSR count). The van der Waals surface area contributed by atoms with Crippen LogP contribution in [0, 0.1) is 17.6 Å². The lowest BCUT2D eigenvalue weighted by Crippen LogP contribution is -2.13. The number of aromatic amines is 1. The second-order valence-electron chi connectivity index (χ2n) is 6.76. The Morgan fingerprint density at radius 2 is 1.90 bits per heavy atom. The van der Waals surface area contributed by atoms with Crippen LogP contribution in [0.25, 0.3) is 10.9 Å². The van der Waals surface area contributed by atoms with E-state index < -0.39 is 24.2 Å². The van der Waals surface area contributed by atoms with Gasteiger partial charge in [0, 0.05) is 23.2 Å². The molecular weight excluding hydrogens is 392 g/mol. The van der Waals surface area contributed by atoms with Crippen LogP contribution in [0.3, 0.4) is 0 Å². The Bertz CT molecular complexity index is 1060. The first-order valence-electron chi connectivity index (χ1n) is 8.90. The number of halogens is 4. The number of hydrogen-bond acceptors (Lipinski definition) is 3. The molecule has 0 radical (unpaired) electrons. The Morgan fingerprint density at radius 1 is 1.14 bits per heavy atom. The molecule has 152 valence electrons. The Balaban J connectivity index is 1.57. The van der Waals surface area contributed by atoms with Gasteiger partial charge in [0.15, 0.2) is 23.1 Å². The molecule has 3 aromatic rings. The maximum atomic E-state index is 13.5. The number of H-pyrrole nitrogens is 1. The van der Waals surface area contributed by atoms with E-state index in [1.165, 1.54) is 24.4 Å².